The van der Waals surface area contributed by atoms with E-state index in [1.165, 1.54) is 6.20 Å². The average molecular weight is 1220 g/mol. The summed E-state index contributed by atoms with van der Waals surface area (Å²) in [5, 5.41) is 10.1. The van der Waals surface area contributed by atoms with Crippen molar-refractivity contribution in [2.45, 2.75) is 61.5 Å². The molecule has 4 aromatic heterocycles. The van der Waals surface area contributed by atoms with Crippen molar-refractivity contribution in [3.8, 4) is 0 Å². The van der Waals surface area contributed by atoms with Gasteiger partial charge in [0.05, 0.1) is 53.6 Å². The van der Waals surface area contributed by atoms with Crippen molar-refractivity contribution in [3.63, 3.8) is 0 Å². The summed E-state index contributed by atoms with van der Waals surface area (Å²) in [6, 6.07) is 14.6. The summed E-state index contributed by atoms with van der Waals surface area (Å²) in [7, 11) is 0. The predicted octanol–water partition coefficient (Wildman–Crippen LogP) is 12.9. The van der Waals surface area contributed by atoms with Crippen LogP contribution in [0.4, 0.5) is 64.6 Å². The minimum Gasteiger partial charge on any atom is -0.478 e. The highest BCUT2D eigenvalue weighted by Crippen LogP contribution is 2.52. The number of carboxylic acids is 1. The number of halogens is 18. The number of amides is 1. The first-order chi connectivity index (χ1) is 35.8. The summed E-state index contributed by atoms with van der Waals surface area (Å²) in [6.45, 7) is -1.98. The number of aromatic nitrogens is 6. The zero-order chi connectivity index (χ0) is 57.1. The Morgan fingerprint density at radius 2 is 0.987 bits per heavy atom. The number of hydrogen-bond acceptors (Lipinski definition) is 11. The first kappa shape index (κ1) is 60.5. The van der Waals surface area contributed by atoms with Crippen molar-refractivity contribution < 1.29 is 67.4 Å². The van der Waals surface area contributed by atoms with Crippen LogP contribution in [0, 0.1) is 0 Å². The summed E-state index contributed by atoms with van der Waals surface area (Å²) in [5.74, 6) is -4.34. The molecule has 0 bridgehead atoms. The molecule has 2 saturated heterocycles. The van der Waals surface area contributed by atoms with E-state index < -0.39 is 108 Å². The quantitative estimate of drug-likeness (QED) is 0.0924. The van der Waals surface area contributed by atoms with Crippen molar-refractivity contribution >= 4 is 93.4 Å². The van der Waals surface area contributed by atoms with Gasteiger partial charge in [0, 0.05) is 57.5 Å². The van der Waals surface area contributed by atoms with Gasteiger partial charge in [0.2, 0.25) is 11.9 Å². The van der Waals surface area contributed by atoms with Crippen LogP contribution < -0.4 is 20.9 Å². The SMILES string of the molecule is NCc1ccccn1.O=C(NCc1ccccn1)c1cnc(N2CCC(c3cc(Cl)c(Cl)c(Cl)c3)(C(F)(F)F)C2)nc1C(F)(F)F.O=C(O)c1cnc(N2CCC(c3cc(Cl)c(Cl)c(Cl)c3)(C(F)(F)F)C2)nc1C(F)(F)F. The molecule has 412 valence electrons. The smallest absolute Gasteiger partial charge is 0.434 e. The van der Waals surface area contributed by atoms with Gasteiger partial charge in [0.1, 0.15) is 16.4 Å². The summed E-state index contributed by atoms with van der Waals surface area (Å²) in [4.78, 5) is 47.4. The second-order valence-electron chi connectivity index (χ2n) is 16.7. The number of rotatable bonds is 9. The maximum Gasteiger partial charge on any atom is 0.434 e. The Hall–Kier alpha value is -5.70. The van der Waals surface area contributed by atoms with E-state index >= 15 is 0 Å². The minimum atomic E-state index is -5.15. The minimum absolute atomic E-state index is 0.126. The lowest BCUT2D eigenvalue weighted by Crippen LogP contribution is -2.45. The van der Waals surface area contributed by atoms with Gasteiger partial charge in [-0.05, 0) is 72.5 Å². The maximum absolute atomic E-state index is 14.4. The molecule has 2 aromatic carbocycles. The Labute approximate surface area is 457 Å². The van der Waals surface area contributed by atoms with Crippen molar-refractivity contribution in [1.29, 1.82) is 0 Å². The van der Waals surface area contributed by atoms with Gasteiger partial charge in [-0.25, -0.2) is 24.7 Å². The summed E-state index contributed by atoms with van der Waals surface area (Å²) in [5.41, 5.74) is -4.51. The number of pyridine rings is 2. The van der Waals surface area contributed by atoms with Crippen LogP contribution in [0.1, 0.15) is 67.5 Å². The molecule has 6 aromatic rings. The molecule has 0 spiro atoms. The van der Waals surface area contributed by atoms with E-state index in [1.807, 2.05) is 18.2 Å². The number of carbonyl (C=O) groups excluding carboxylic acids is 1. The number of nitrogens with zero attached hydrogens (tertiary/aromatic N) is 8. The lowest BCUT2D eigenvalue weighted by atomic mass is 9.79. The summed E-state index contributed by atoms with van der Waals surface area (Å²) >= 11 is 35.4. The molecular weight excluding hydrogens is 1180 g/mol. The van der Waals surface area contributed by atoms with Crippen LogP contribution in [0.25, 0.3) is 0 Å². The number of carboxylic acid groups (broad SMARTS) is 1. The molecule has 6 heterocycles. The zero-order valence-corrected chi connectivity index (χ0v) is 43.0. The maximum atomic E-state index is 14.4. The van der Waals surface area contributed by atoms with Crippen LogP contribution in [0.3, 0.4) is 0 Å². The monoisotopic (exact) mass is 1210 g/mol. The molecule has 8 rings (SSSR count). The predicted molar refractivity (Wildman–Crippen MR) is 261 cm³/mol. The molecule has 1 amide bonds. The van der Waals surface area contributed by atoms with Crippen molar-refractivity contribution in [2.75, 3.05) is 36.0 Å². The molecule has 0 radical (unpaired) electrons. The van der Waals surface area contributed by atoms with E-state index in [1.54, 1.807) is 24.4 Å². The second-order valence-corrected chi connectivity index (χ2v) is 19.1. The Bertz CT molecular complexity index is 3060. The van der Waals surface area contributed by atoms with Gasteiger partial charge >= 0.3 is 30.7 Å². The molecule has 0 saturated carbocycles. The first-order valence-corrected chi connectivity index (χ1v) is 23.9. The molecule has 0 aliphatic carbocycles. The zero-order valence-electron chi connectivity index (χ0n) is 38.5. The van der Waals surface area contributed by atoms with Crippen molar-refractivity contribution in [2.24, 2.45) is 5.73 Å². The fourth-order valence-corrected chi connectivity index (χ4v) is 9.17. The lowest BCUT2D eigenvalue weighted by molar-refractivity contribution is -0.185. The number of benzene rings is 2. The van der Waals surface area contributed by atoms with Gasteiger partial charge in [-0.2, -0.15) is 52.7 Å². The lowest BCUT2D eigenvalue weighted by Gasteiger charge is -2.32. The number of aromatic carboxylic acids is 1. The van der Waals surface area contributed by atoms with E-state index in [0.29, 0.717) is 24.6 Å². The van der Waals surface area contributed by atoms with Crippen LogP contribution in [-0.4, -0.2) is 85.4 Å². The van der Waals surface area contributed by atoms with E-state index in [4.69, 9.17) is 80.4 Å². The van der Waals surface area contributed by atoms with Crippen LogP contribution in [-0.2, 0) is 36.3 Å². The molecule has 2 aliphatic rings. The molecule has 13 nitrogen and oxygen atoms in total. The Morgan fingerprint density at radius 3 is 1.32 bits per heavy atom. The van der Waals surface area contributed by atoms with Crippen LogP contribution in [0.15, 0.2) is 85.5 Å². The molecule has 77 heavy (non-hydrogen) atoms. The van der Waals surface area contributed by atoms with E-state index in [-0.39, 0.29) is 60.9 Å². The number of hydrogen-bond donors (Lipinski definition) is 3. The molecule has 2 fully saturated rings. The standard InChI is InChI=1S/C23H16Cl3F6N5O.C17H10Cl3F6N3O2.C6H8N2/c24-15-7-12(8-16(25)17(15)26)21(23(30,31)32)4-6-37(11-21)20-35-10-14(18(36-20)22(27,28)29)19(38)34-9-13-3-1-2-5-33-13;18-9-3-7(4-10(19)11(9)20)15(17(24,25)26)1-2-29(6-15)14-27-5-8(13(30)31)12(28-14)16(21,22)23;7-5-6-3-1-2-4-8-6/h1-3,5,7-8,10H,4,6,9,11H2,(H,34,38);3-5H,1-2,6H2,(H,30,31);1-4H,5,7H2. The highest BCUT2D eigenvalue weighted by molar-refractivity contribution is 6.48. The van der Waals surface area contributed by atoms with E-state index in [2.05, 4.69) is 35.2 Å². The summed E-state index contributed by atoms with van der Waals surface area (Å²) in [6.07, 6.45) is -16.8. The molecular formula is C46H34Cl6F12N10O3. The molecule has 2 atom stereocenters. The highest BCUT2D eigenvalue weighted by atomic mass is 35.5. The molecule has 31 heteroatoms. The Kier molecular flexibility index (Phi) is 18.6. The van der Waals surface area contributed by atoms with Crippen molar-refractivity contribution in [3.05, 3.63) is 161 Å². The average Bonchev–Trinajstić information content (AvgIpc) is 4.05. The van der Waals surface area contributed by atoms with Gasteiger partial charge < -0.3 is 26.0 Å². The largest absolute Gasteiger partial charge is 0.478 e. The van der Waals surface area contributed by atoms with Gasteiger partial charge in [0.15, 0.2) is 11.4 Å². The highest BCUT2D eigenvalue weighted by Gasteiger charge is 2.61. The van der Waals surface area contributed by atoms with Crippen molar-refractivity contribution in [1.82, 2.24) is 35.2 Å². The number of anilines is 2. The van der Waals surface area contributed by atoms with Crippen LogP contribution in [0.5, 0.6) is 0 Å². The van der Waals surface area contributed by atoms with E-state index in [9.17, 15) is 62.3 Å². The van der Waals surface area contributed by atoms with Gasteiger partial charge in [-0.3, -0.25) is 14.8 Å². The molecule has 2 unspecified atom stereocenters. The van der Waals surface area contributed by atoms with E-state index in [0.717, 1.165) is 39.8 Å². The third-order valence-electron chi connectivity index (χ3n) is 11.9. The topological polar surface area (TPSA) is 176 Å². The Morgan fingerprint density at radius 1 is 0.597 bits per heavy atom. The third kappa shape index (κ3) is 13.6. The van der Waals surface area contributed by atoms with Gasteiger partial charge in [0.25, 0.3) is 5.91 Å². The molecule has 2 aliphatic heterocycles. The van der Waals surface area contributed by atoms with Crippen LogP contribution in [0.2, 0.25) is 30.1 Å². The van der Waals surface area contributed by atoms with Gasteiger partial charge in [-0.15, -0.1) is 0 Å². The van der Waals surface area contributed by atoms with Gasteiger partial charge in [-0.1, -0.05) is 81.7 Å². The number of alkyl halides is 12. The second kappa shape index (κ2) is 23.7. The third-order valence-corrected chi connectivity index (χ3v) is 14.3. The summed E-state index contributed by atoms with van der Waals surface area (Å²) < 4.78 is 167. The fourth-order valence-electron chi connectivity index (χ4n) is 7.98. The number of nitrogens with one attached hydrogen (secondary N) is 1. The number of carbonyl (C=O) groups is 2. The normalized spacial score (nSPS) is 17.8. The molecule has 4 N–H and O–H groups in total. The Balaban J connectivity index is 0.000000221. The number of nitrogens with two attached hydrogens (primary N) is 1. The first-order valence-electron chi connectivity index (χ1n) is 21.7. The van der Waals surface area contributed by atoms with Crippen LogP contribution >= 0.6 is 69.6 Å². The fraction of sp³-hybridized carbons (Fsp3) is 0.304.